The zero-order valence-corrected chi connectivity index (χ0v) is 20.3. The molecule has 0 radical (unpaired) electrons. The average Bonchev–Trinajstić information content (AvgIpc) is 3.00. The number of amides is 4. The molecule has 10 heteroatoms. The number of hydrogen-bond acceptors (Lipinski definition) is 5. The lowest BCUT2D eigenvalue weighted by atomic mass is 9.92. The largest absolute Gasteiger partial charge is 0.493 e. The number of methoxy groups -OCH3 is 2. The molecule has 1 unspecified atom stereocenters. The number of imide groups is 1. The Balaban J connectivity index is 1.77. The number of carbonyl (C=O) groups excluding carboxylic acids is 3. The summed E-state index contributed by atoms with van der Waals surface area (Å²) in [5.74, 6) is 0.188. The van der Waals surface area contributed by atoms with Gasteiger partial charge in [0.05, 0.1) is 14.2 Å². The number of nitrogens with one attached hydrogen (secondary N) is 1. The molecule has 4 amide bonds. The van der Waals surface area contributed by atoms with Gasteiger partial charge in [-0.05, 0) is 43.7 Å². The van der Waals surface area contributed by atoms with E-state index in [1.165, 1.54) is 13.2 Å². The van der Waals surface area contributed by atoms with Gasteiger partial charge in [0.1, 0.15) is 12.1 Å². The van der Waals surface area contributed by atoms with E-state index < -0.39 is 24.0 Å². The Morgan fingerprint density at radius 2 is 1.79 bits per heavy atom. The standard InChI is InChI=1S/C23H25Cl2N3O5/c1-5-27(12-14-6-9-18(32-3)19(10-14)33-4)20(29)13-28-21(30)23(2,26-22(28)31)16-8-7-15(24)11-17(16)25/h6-11H,5,12-13H2,1-4H3,(H,26,31). The molecule has 1 fully saturated rings. The van der Waals surface area contributed by atoms with Crippen LogP contribution in [0.1, 0.15) is 25.0 Å². The van der Waals surface area contributed by atoms with E-state index in [4.69, 9.17) is 32.7 Å². The number of likely N-dealkylation sites (N-methyl/N-ethyl adjacent to an activating group) is 1. The van der Waals surface area contributed by atoms with Crippen LogP contribution < -0.4 is 14.8 Å². The molecule has 33 heavy (non-hydrogen) atoms. The number of ether oxygens (including phenoxy) is 2. The highest BCUT2D eigenvalue weighted by Crippen LogP contribution is 2.35. The number of hydrogen-bond donors (Lipinski definition) is 1. The Bertz CT molecular complexity index is 1090. The highest BCUT2D eigenvalue weighted by Gasteiger charge is 2.50. The van der Waals surface area contributed by atoms with Gasteiger partial charge in [-0.25, -0.2) is 4.79 Å². The highest BCUT2D eigenvalue weighted by atomic mass is 35.5. The SMILES string of the molecule is CCN(Cc1ccc(OC)c(OC)c1)C(=O)CN1C(=O)NC(C)(c2ccc(Cl)cc2Cl)C1=O. The first-order chi connectivity index (χ1) is 15.6. The Hall–Kier alpha value is -2.97. The van der Waals surface area contributed by atoms with Gasteiger partial charge in [-0.1, -0.05) is 35.3 Å². The molecule has 0 aromatic heterocycles. The molecular formula is C23H25Cl2N3O5. The van der Waals surface area contributed by atoms with E-state index in [0.29, 0.717) is 28.6 Å². The maximum absolute atomic E-state index is 13.2. The molecule has 1 aliphatic rings. The Labute approximate surface area is 202 Å². The van der Waals surface area contributed by atoms with E-state index in [1.807, 2.05) is 13.0 Å². The van der Waals surface area contributed by atoms with E-state index in [1.54, 1.807) is 43.2 Å². The molecule has 1 saturated heterocycles. The lowest BCUT2D eigenvalue weighted by Gasteiger charge is -2.25. The van der Waals surface area contributed by atoms with Crippen LogP contribution in [-0.4, -0.2) is 55.0 Å². The Morgan fingerprint density at radius 3 is 2.39 bits per heavy atom. The van der Waals surface area contributed by atoms with Crippen molar-refractivity contribution < 1.29 is 23.9 Å². The van der Waals surface area contributed by atoms with Gasteiger partial charge in [0, 0.05) is 28.7 Å². The van der Waals surface area contributed by atoms with Crippen molar-refractivity contribution in [2.45, 2.75) is 25.9 Å². The fourth-order valence-corrected chi connectivity index (χ4v) is 4.33. The summed E-state index contributed by atoms with van der Waals surface area (Å²) < 4.78 is 10.6. The molecule has 0 aliphatic carbocycles. The monoisotopic (exact) mass is 493 g/mol. The number of halogens is 2. The van der Waals surface area contributed by atoms with Crippen LogP contribution in [0, 0.1) is 0 Å². The van der Waals surface area contributed by atoms with E-state index in [2.05, 4.69) is 5.32 Å². The summed E-state index contributed by atoms with van der Waals surface area (Å²) in [6, 6.07) is 9.37. The number of urea groups is 1. The second kappa shape index (κ2) is 9.89. The molecule has 176 valence electrons. The van der Waals surface area contributed by atoms with Gasteiger partial charge in [-0.15, -0.1) is 0 Å². The molecule has 8 nitrogen and oxygen atoms in total. The zero-order chi connectivity index (χ0) is 24.3. The topological polar surface area (TPSA) is 88.2 Å². The number of nitrogens with zero attached hydrogens (tertiary/aromatic N) is 2. The third-order valence-electron chi connectivity index (χ3n) is 5.59. The predicted molar refractivity (Wildman–Crippen MR) is 125 cm³/mol. The number of rotatable bonds is 8. The molecule has 1 aliphatic heterocycles. The van der Waals surface area contributed by atoms with Crippen LogP contribution in [0.4, 0.5) is 4.79 Å². The Kier molecular flexibility index (Phi) is 7.39. The van der Waals surface area contributed by atoms with Gasteiger partial charge in [0.25, 0.3) is 5.91 Å². The molecule has 3 rings (SSSR count). The van der Waals surface area contributed by atoms with Crippen molar-refractivity contribution in [3.8, 4) is 11.5 Å². The second-order valence-corrected chi connectivity index (χ2v) is 8.51. The quantitative estimate of drug-likeness (QED) is 0.564. The van der Waals surface area contributed by atoms with Crippen molar-refractivity contribution in [1.29, 1.82) is 0 Å². The normalized spacial score (nSPS) is 17.7. The van der Waals surface area contributed by atoms with Crippen LogP contribution in [0.5, 0.6) is 11.5 Å². The molecule has 1 N–H and O–H groups in total. The molecule has 1 atom stereocenters. The molecular weight excluding hydrogens is 469 g/mol. The maximum Gasteiger partial charge on any atom is 0.325 e. The van der Waals surface area contributed by atoms with E-state index in [9.17, 15) is 14.4 Å². The van der Waals surface area contributed by atoms with Crippen LogP contribution in [0.2, 0.25) is 10.0 Å². The van der Waals surface area contributed by atoms with Crippen molar-refractivity contribution in [1.82, 2.24) is 15.1 Å². The minimum absolute atomic E-state index is 0.246. The predicted octanol–water partition coefficient (Wildman–Crippen LogP) is 3.83. The van der Waals surface area contributed by atoms with Gasteiger partial charge in [-0.3, -0.25) is 14.5 Å². The summed E-state index contributed by atoms with van der Waals surface area (Å²) in [4.78, 5) is 41.3. The Morgan fingerprint density at radius 1 is 1.09 bits per heavy atom. The first-order valence-corrected chi connectivity index (χ1v) is 11.0. The van der Waals surface area contributed by atoms with Crippen molar-refractivity contribution in [3.63, 3.8) is 0 Å². The van der Waals surface area contributed by atoms with E-state index >= 15 is 0 Å². The van der Waals surface area contributed by atoms with Crippen LogP contribution in [0.25, 0.3) is 0 Å². The van der Waals surface area contributed by atoms with Crippen molar-refractivity contribution in [2.75, 3.05) is 27.3 Å². The first kappa shape index (κ1) is 24.7. The van der Waals surface area contributed by atoms with E-state index in [0.717, 1.165) is 10.5 Å². The van der Waals surface area contributed by atoms with Crippen molar-refractivity contribution in [3.05, 3.63) is 57.6 Å². The summed E-state index contributed by atoms with van der Waals surface area (Å²) in [7, 11) is 3.08. The van der Waals surface area contributed by atoms with Crippen molar-refractivity contribution >= 4 is 41.0 Å². The second-order valence-electron chi connectivity index (χ2n) is 7.67. The summed E-state index contributed by atoms with van der Waals surface area (Å²) >= 11 is 12.2. The molecule has 0 bridgehead atoms. The summed E-state index contributed by atoms with van der Waals surface area (Å²) in [6.07, 6.45) is 0. The van der Waals surface area contributed by atoms with E-state index in [-0.39, 0.29) is 17.5 Å². The van der Waals surface area contributed by atoms with Gasteiger partial charge in [0.2, 0.25) is 5.91 Å². The third kappa shape index (κ3) is 4.86. The summed E-state index contributed by atoms with van der Waals surface area (Å²) in [5.41, 5.74) is -0.184. The lowest BCUT2D eigenvalue weighted by molar-refractivity contribution is -0.139. The number of carbonyl (C=O) groups is 3. The van der Waals surface area contributed by atoms with Crippen molar-refractivity contribution in [2.24, 2.45) is 0 Å². The van der Waals surface area contributed by atoms with Crippen LogP contribution in [0.15, 0.2) is 36.4 Å². The van der Waals surface area contributed by atoms with Gasteiger partial charge in [0.15, 0.2) is 11.5 Å². The summed E-state index contributed by atoms with van der Waals surface area (Å²) in [6.45, 7) is 3.64. The van der Waals surface area contributed by atoms with Crippen LogP contribution in [0.3, 0.4) is 0 Å². The molecule has 0 saturated carbocycles. The van der Waals surface area contributed by atoms with Gasteiger partial charge in [-0.2, -0.15) is 0 Å². The third-order valence-corrected chi connectivity index (χ3v) is 6.14. The average molecular weight is 494 g/mol. The summed E-state index contributed by atoms with van der Waals surface area (Å²) in [5, 5.41) is 3.31. The smallest absolute Gasteiger partial charge is 0.325 e. The fraction of sp³-hybridized carbons (Fsp3) is 0.348. The molecule has 2 aromatic carbocycles. The van der Waals surface area contributed by atoms with Crippen LogP contribution in [-0.2, 0) is 21.7 Å². The minimum atomic E-state index is -1.40. The zero-order valence-electron chi connectivity index (χ0n) is 18.8. The van der Waals surface area contributed by atoms with Gasteiger partial charge >= 0.3 is 6.03 Å². The van der Waals surface area contributed by atoms with Gasteiger partial charge < -0.3 is 19.7 Å². The minimum Gasteiger partial charge on any atom is -0.493 e. The molecule has 0 spiro atoms. The number of benzene rings is 2. The molecule has 1 heterocycles. The molecule has 2 aromatic rings. The maximum atomic E-state index is 13.2. The highest BCUT2D eigenvalue weighted by molar-refractivity contribution is 6.35. The fourth-order valence-electron chi connectivity index (χ4n) is 3.73. The lowest BCUT2D eigenvalue weighted by Crippen LogP contribution is -2.44. The van der Waals surface area contributed by atoms with Crippen LogP contribution >= 0.6 is 23.2 Å². The first-order valence-electron chi connectivity index (χ1n) is 10.2.